The molecule has 0 aliphatic carbocycles. The number of alkyl halides is 1. The minimum absolute atomic E-state index is 0.139. The zero-order chi connectivity index (χ0) is 15.2. The Morgan fingerprint density at radius 2 is 2.29 bits per heavy atom. The lowest BCUT2D eigenvalue weighted by atomic mass is 10.1. The first kappa shape index (κ1) is 15.3. The topological polar surface area (TPSA) is 52.0 Å². The fourth-order valence-electron chi connectivity index (χ4n) is 2.88. The van der Waals surface area contributed by atoms with Crippen LogP contribution in [0.5, 0.6) is 0 Å². The van der Waals surface area contributed by atoms with E-state index in [-0.39, 0.29) is 17.0 Å². The molecule has 3 rings (SSSR count). The van der Waals surface area contributed by atoms with Gasteiger partial charge in [0.2, 0.25) is 0 Å². The summed E-state index contributed by atoms with van der Waals surface area (Å²) in [6.07, 6.45) is 0.714. The normalized spacial score (nSPS) is 22.7. The summed E-state index contributed by atoms with van der Waals surface area (Å²) in [5, 5.41) is -0.214. The van der Waals surface area contributed by atoms with Gasteiger partial charge in [-0.1, -0.05) is 15.9 Å². The number of aromatic nitrogens is 2. The second kappa shape index (κ2) is 5.56. The van der Waals surface area contributed by atoms with E-state index in [2.05, 4.69) is 25.5 Å². The molecular formula is C14H16BrClN2O2S. The van der Waals surface area contributed by atoms with Gasteiger partial charge in [0, 0.05) is 11.0 Å². The van der Waals surface area contributed by atoms with Gasteiger partial charge in [0.1, 0.15) is 5.82 Å². The number of hydrogen-bond acceptors (Lipinski definition) is 3. The molecule has 0 N–H and O–H groups in total. The molecule has 0 amide bonds. The second-order valence-corrected chi connectivity index (χ2v) is 9.40. The number of halogens is 2. The SMILES string of the molecule is CC(Cl)c1nc2ccc(Br)cc2n1CC1CCS(=O)(=O)C1. The fourth-order valence-corrected chi connectivity index (χ4v) is 5.25. The molecule has 1 saturated heterocycles. The molecule has 2 unspecified atom stereocenters. The summed E-state index contributed by atoms with van der Waals surface area (Å²) in [4.78, 5) is 4.59. The van der Waals surface area contributed by atoms with Crippen molar-refractivity contribution in [2.24, 2.45) is 5.92 Å². The molecule has 2 heterocycles. The molecule has 1 aromatic carbocycles. The maximum atomic E-state index is 11.6. The smallest absolute Gasteiger partial charge is 0.150 e. The van der Waals surface area contributed by atoms with Gasteiger partial charge < -0.3 is 4.57 Å². The zero-order valence-electron chi connectivity index (χ0n) is 11.6. The molecule has 4 nitrogen and oxygen atoms in total. The number of nitrogens with zero attached hydrogens (tertiary/aromatic N) is 2. The summed E-state index contributed by atoms with van der Waals surface area (Å²) in [7, 11) is -2.87. The molecule has 0 bridgehead atoms. The minimum Gasteiger partial charge on any atom is -0.326 e. The number of sulfone groups is 1. The molecule has 0 radical (unpaired) electrons. The highest BCUT2D eigenvalue weighted by Gasteiger charge is 2.29. The third-order valence-corrected chi connectivity index (χ3v) is 6.39. The van der Waals surface area contributed by atoms with E-state index in [1.54, 1.807) is 0 Å². The average Bonchev–Trinajstić information content (AvgIpc) is 2.91. The predicted octanol–water partition coefficient (Wildman–Crippen LogP) is 3.53. The first-order valence-electron chi connectivity index (χ1n) is 6.86. The molecule has 1 aromatic heterocycles. The monoisotopic (exact) mass is 390 g/mol. The van der Waals surface area contributed by atoms with Crippen LogP contribution in [0.3, 0.4) is 0 Å². The summed E-state index contributed by atoms with van der Waals surface area (Å²) in [5.41, 5.74) is 1.89. The number of rotatable bonds is 3. The summed E-state index contributed by atoms with van der Waals surface area (Å²) in [6.45, 7) is 2.54. The van der Waals surface area contributed by atoms with Gasteiger partial charge in [-0.15, -0.1) is 11.6 Å². The van der Waals surface area contributed by atoms with Crippen LogP contribution in [-0.4, -0.2) is 29.5 Å². The second-order valence-electron chi connectivity index (χ2n) is 5.60. The molecule has 1 aliphatic heterocycles. The number of fused-ring (bicyclic) bond motifs is 1. The highest BCUT2D eigenvalue weighted by molar-refractivity contribution is 9.10. The molecule has 7 heteroatoms. The van der Waals surface area contributed by atoms with Crippen LogP contribution in [0.25, 0.3) is 11.0 Å². The van der Waals surface area contributed by atoms with Gasteiger partial charge in [0.05, 0.1) is 27.9 Å². The van der Waals surface area contributed by atoms with Crippen molar-refractivity contribution >= 4 is 48.4 Å². The molecule has 2 aromatic rings. The van der Waals surface area contributed by atoms with Gasteiger partial charge >= 0.3 is 0 Å². The molecule has 0 spiro atoms. The number of hydrogen-bond donors (Lipinski definition) is 0. The van der Waals surface area contributed by atoms with Gasteiger partial charge in [0.25, 0.3) is 0 Å². The fraction of sp³-hybridized carbons (Fsp3) is 0.500. The molecule has 21 heavy (non-hydrogen) atoms. The molecular weight excluding hydrogens is 376 g/mol. The van der Waals surface area contributed by atoms with Gasteiger partial charge in [-0.25, -0.2) is 13.4 Å². The Labute approximate surface area is 137 Å². The van der Waals surface area contributed by atoms with Crippen LogP contribution in [0.15, 0.2) is 22.7 Å². The van der Waals surface area contributed by atoms with E-state index in [1.165, 1.54) is 0 Å². The minimum atomic E-state index is -2.87. The van der Waals surface area contributed by atoms with Crippen molar-refractivity contribution < 1.29 is 8.42 Å². The van der Waals surface area contributed by atoms with Crippen LogP contribution in [0.2, 0.25) is 0 Å². The van der Waals surface area contributed by atoms with E-state index < -0.39 is 9.84 Å². The van der Waals surface area contributed by atoms with Crippen LogP contribution in [-0.2, 0) is 16.4 Å². The Morgan fingerprint density at radius 3 is 2.90 bits per heavy atom. The van der Waals surface area contributed by atoms with Crippen LogP contribution in [0.4, 0.5) is 0 Å². The number of benzene rings is 1. The van der Waals surface area contributed by atoms with Crippen molar-refractivity contribution in [1.82, 2.24) is 9.55 Å². The van der Waals surface area contributed by atoms with Crippen LogP contribution in [0.1, 0.15) is 24.5 Å². The Balaban J connectivity index is 2.03. The lowest BCUT2D eigenvalue weighted by Crippen LogP contribution is -2.15. The van der Waals surface area contributed by atoms with Gasteiger partial charge in [0.15, 0.2) is 9.84 Å². The molecule has 0 saturated carbocycles. The van der Waals surface area contributed by atoms with E-state index in [0.717, 1.165) is 21.3 Å². The van der Waals surface area contributed by atoms with Gasteiger partial charge in [-0.2, -0.15) is 0 Å². The Hall–Kier alpha value is -0.590. The van der Waals surface area contributed by atoms with Gasteiger partial charge in [-0.05, 0) is 37.5 Å². The third-order valence-electron chi connectivity index (χ3n) is 3.86. The van der Waals surface area contributed by atoms with Crippen molar-refractivity contribution in [2.45, 2.75) is 25.3 Å². The van der Waals surface area contributed by atoms with Crippen molar-refractivity contribution in [1.29, 1.82) is 0 Å². The van der Waals surface area contributed by atoms with E-state index in [0.29, 0.717) is 18.7 Å². The van der Waals surface area contributed by atoms with Crippen LogP contribution < -0.4 is 0 Å². The summed E-state index contributed by atoms with van der Waals surface area (Å²) in [5.74, 6) is 1.49. The lowest BCUT2D eigenvalue weighted by molar-refractivity contribution is 0.486. The summed E-state index contributed by atoms with van der Waals surface area (Å²) in [6, 6.07) is 5.90. The highest BCUT2D eigenvalue weighted by Crippen LogP contribution is 2.29. The lowest BCUT2D eigenvalue weighted by Gasteiger charge is -2.14. The maximum absolute atomic E-state index is 11.6. The highest BCUT2D eigenvalue weighted by atomic mass is 79.9. The van der Waals surface area contributed by atoms with Crippen molar-refractivity contribution in [2.75, 3.05) is 11.5 Å². The van der Waals surface area contributed by atoms with E-state index in [9.17, 15) is 8.42 Å². The molecule has 1 fully saturated rings. The Morgan fingerprint density at radius 1 is 1.52 bits per heavy atom. The zero-order valence-corrected chi connectivity index (χ0v) is 14.7. The molecule has 1 aliphatic rings. The summed E-state index contributed by atoms with van der Waals surface area (Å²) >= 11 is 9.72. The Bertz CT molecular complexity index is 786. The summed E-state index contributed by atoms with van der Waals surface area (Å²) < 4.78 is 26.3. The first-order valence-corrected chi connectivity index (χ1v) is 9.91. The Kier molecular flexibility index (Phi) is 4.05. The van der Waals surface area contributed by atoms with E-state index in [4.69, 9.17) is 11.6 Å². The van der Waals surface area contributed by atoms with Gasteiger partial charge in [-0.3, -0.25) is 0 Å². The standard InChI is InChI=1S/C14H16BrClN2O2S/c1-9(16)14-17-12-3-2-11(15)6-13(12)18(14)7-10-4-5-21(19,20)8-10/h2-3,6,9-10H,4-5,7-8H2,1H3. The van der Waals surface area contributed by atoms with Crippen molar-refractivity contribution in [3.05, 3.63) is 28.5 Å². The van der Waals surface area contributed by atoms with Crippen molar-refractivity contribution in [3.63, 3.8) is 0 Å². The number of imidazole rings is 1. The molecule has 114 valence electrons. The van der Waals surface area contributed by atoms with Crippen molar-refractivity contribution in [3.8, 4) is 0 Å². The van der Waals surface area contributed by atoms with Crippen LogP contribution >= 0.6 is 27.5 Å². The maximum Gasteiger partial charge on any atom is 0.150 e. The molecule has 2 atom stereocenters. The van der Waals surface area contributed by atoms with Crippen LogP contribution in [0, 0.1) is 5.92 Å². The average molecular weight is 392 g/mol. The first-order chi connectivity index (χ1) is 9.85. The van der Waals surface area contributed by atoms with E-state index >= 15 is 0 Å². The largest absolute Gasteiger partial charge is 0.326 e. The predicted molar refractivity (Wildman–Crippen MR) is 88.5 cm³/mol. The quantitative estimate of drug-likeness (QED) is 0.752. The van der Waals surface area contributed by atoms with E-state index in [1.807, 2.05) is 25.1 Å². The third kappa shape index (κ3) is 3.12.